The van der Waals surface area contributed by atoms with Crippen molar-refractivity contribution >= 4 is 5.91 Å². The maximum absolute atomic E-state index is 12.8. The van der Waals surface area contributed by atoms with Gasteiger partial charge in [0.15, 0.2) is 0 Å². The molecule has 1 N–H and O–H groups in total. The summed E-state index contributed by atoms with van der Waals surface area (Å²) in [6.07, 6.45) is 12.7. The number of amides is 1. The van der Waals surface area contributed by atoms with Crippen LogP contribution in [0.3, 0.4) is 0 Å². The van der Waals surface area contributed by atoms with E-state index < -0.39 is 0 Å². The SMILES string of the molecule is CCC1CCCN(C(=O)C2CCC3CCCCC3N2)CC1. The number of nitrogens with zero attached hydrogens (tertiary/aromatic N) is 1. The quantitative estimate of drug-likeness (QED) is 0.846. The van der Waals surface area contributed by atoms with Gasteiger partial charge < -0.3 is 10.2 Å². The standard InChI is InChI=1S/C18H32N2O/c1-2-14-6-5-12-20(13-11-14)18(21)17-10-9-15-7-3-4-8-16(15)19-17/h14-17,19H,2-13H2,1H3. The molecule has 0 aromatic heterocycles. The topological polar surface area (TPSA) is 32.3 Å². The zero-order chi connectivity index (χ0) is 14.7. The van der Waals surface area contributed by atoms with Gasteiger partial charge in [0.05, 0.1) is 6.04 Å². The van der Waals surface area contributed by atoms with Crippen LogP contribution in [0, 0.1) is 11.8 Å². The first-order chi connectivity index (χ1) is 10.3. The Morgan fingerprint density at radius 3 is 2.71 bits per heavy atom. The molecule has 3 heteroatoms. The molecule has 0 aromatic carbocycles. The van der Waals surface area contributed by atoms with E-state index in [2.05, 4.69) is 17.1 Å². The highest BCUT2D eigenvalue weighted by atomic mass is 16.2. The minimum absolute atomic E-state index is 0.113. The highest BCUT2D eigenvalue weighted by Crippen LogP contribution is 2.33. The van der Waals surface area contributed by atoms with Crippen LogP contribution in [0.2, 0.25) is 0 Å². The second-order valence-corrected chi connectivity index (χ2v) is 7.48. The summed E-state index contributed by atoms with van der Waals surface area (Å²) in [7, 11) is 0. The third-order valence-electron chi connectivity index (χ3n) is 6.19. The Hall–Kier alpha value is -0.570. The van der Waals surface area contributed by atoms with E-state index in [-0.39, 0.29) is 6.04 Å². The zero-order valence-electron chi connectivity index (χ0n) is 13.7. The first-order valence-corrected chi connectivity index (χ1v) is 9.32. The van der Waals surface area contributed by atoms with Crippen LogP contribution in [0.25, 0.3) is 0 Å². The summed E-state index contributed by atoms with van der Waals surface area (Å²) in [5, 5.41) is 3.71. The van der Waals surface area contributed by atoms with Crippen molar-refractivity contribution in [2.45, 2.75) is 83.2 Å². The van der Waals surface area contributed by atoms with Crippen LogP contribution < -0.4 is 5.32 Å². The number of nitrogens with one attached hydrogen (secondary N) is 1. The number of hydrogen-bond acceptors (Lipinski definition) is 2. The summed E-state index contributed by atoms with van der Waals surface area (Å²) in [6, 6.07) is 0.736. The molecule has 2 heterocycles. The van der Waals surface area contributed by atoms with Crippen molar-refractivity contribution in [2.24, 2.45) is 11.8 Å². The summed E-state index contributed by atoms with van der Waals surface area (Å²) >= 11 is 0. The monoisotopic (exact) mass is 292 g/mol. The van der Waals surface area contributed by atoms with Crippen LogP contribution in [-0.4, -0.2) is 36.0 Å². The highest BCUT2D eigenvalue weighted by Gasteiger charge is 2.36. The van der Waals surface area contributed by atoms with Crippen LogP contribution in [0.15, 0.2) is 0 Å². The lowest BCUT2D eigenvalue weighted by Gasteiger charge is -2.41. The van der Waals surface area contributed by atoms with Crippen LogP contribution in [0.1, 0.15) is 71.1 Å². The van der Waals surface area contributed by atoms with E-state index >= 15 is 0 Å². The Balaban J connectivity index is 1.55. The van der Waals surface area contributed by atoms with E-state index in [0.717, 1.165) is 31.3 Å². The van der Waals surface area contributed by atoms with Gasteiger partial charge in [0.2, 0.25) is 5.91 Å². The second-order valence-electron chi connectivity index (χ2n) is 7.48. The molecule has 0 bridgehead atoms. The molecule has 21 heavy (non-hydrogen) atoms. The van der Waals surface area contributed by atoms with Crippen LogP contribution in [0.5, 0.6) is 0 Å². The van der Waals surface area contributed by atoms with Gasteiger partial charge in [-0.05, 0) is 56.8 Å². The summed E-state index contributed by atoms with van der Waals surface area (Å²) < 4.78 is 0. The van der Waals surface area contributed by atoms with Crippen molar-refractivity contribution in [1.82, 2.24) is 10.2 Å². The predicted molar refractivity (Wildman–Crippen MR) is 86.1 cm³/mol. The van der Waals surface area contributed by atoms with Gasteiger partial charge >= 0.3 is 0 Å². The third-order valence-corrected chi connectivity index (χ3v) is 6.19. The molecule has 3 nitrogen and oxygen atoms in total. The van der Waals surface area contributed by atoms with Crippen molar-refractivity contribution in [3.63, 3.8) is 0 Å². The van der Waals surface area contributed by atoms with Crippen LogP contribution in [0.4, 0.5) is 0 Å². The molecule has 3 aliphatic rings. The number of piperidine rings is 1. The molecule has 1 aliphatic carbocycles. The Morgan fingerprint density at radius 2 is 1.86 bits per heavy atom. The molecule has 1 saturated carbocycles. The van der Waals surface area contributed by atoms with E-state index in [4.69, 9.17) is 0 Å². The summed E-state index contributed by atoms with van der Waals surface area (Å²) in [6.45, 7) is 4.26. The summed E-state index contributed by atoms with van der Waals surface area (Å²) in [4.78, 5) is 15.0. The minimum atomic E-state index is 0.113. The number of carbonyl (C=O) groups excluding carboxylic acids is 1. The van der Waals surface area contributed by atoms with Crippen molar-refractivity contribution in [1.29, 1.82) is 0 Å². The molecule has 3 rings (SSSR count). The minimum Gasteiger partial charge on any atom is -0.341 e. The van der Waals surface area contributed by atoms with Gasteiger partial charge in [0.25, 0.3) is 0 Å². The molecule has 2 saturated heterocycles. The molecule has 0 aromatic rings. The smallest absolute Gasteiger partial charge is 0.239 e. The van der Waals surface area contributed by atoms with Crippen LogP contribution in [-0.2, 0) is 4.79 Å². The van der Waals surface area contributed by atoms with E-state index in [1.807, 2.05) is 0 Å². The maximum atomic E-state index is 12.8. The average Bonchev–Trinajstić information content (AvgIpc) is 2.79. The van der Waals surface area contributed by atoms with E-state index in [1.54, 1.807) is 0 Å². The van der Waals surface area contributed by atoms with Gasteiger partial charge in [-0.15, -0.1) is 0 Å². The third kappa shape index (κ3) is 3.61. The molecule has 4 unspecified atom stereocenters. The molecule has 3 fully saturated rings. The van der Waals surface area contributed by atoms with Crippen molar-refractivity contribution < 1.29 is 4.79 Å². The lowest BCUT2D eigenvalue weighted by Crippen LogP contribution is -2.55. The number of likely N-dealkylation sites (tertiary alicyclic amines) is 1. The molecule has 4 atom stereocenters. The number of fused-ring (bicyclic) bond motifs is 1. The fourth-order valence-electron chi connectivity index (χ4n) is 4.70. The number of hydrogen-bond donors (Lipinski definition) is 1. The normalized spacial score (nSPS) is 37.7. The Kier molecular flexibility index (Phi) is 5.20. The van der Waals surface area contributed by atoms with Gasteiger partial charge in [-0.2, -0.15) is 0 Å². The lowest BCUT2D eigenvalue weighted by molar-refractivity contribution is -0.134. The maximum Gasteiger partial charge on any atom is 0.239 e. The molecule has 1 amide bonds. The van der Waals surface area contributed by atoms with E-state index in [1.165, 1.54) is 57.8 Å². The second kappa shape index (κ2) is 7.13. The van der Waals surface area contributed by atoms with Crippen molar-refractivity contribution in [3.05, 3.63) is 0 Å². The van der Waals surface area contributed by atoms with Gasteiger partial charge in [-0.25, -0.2) is 0 Å². The fraction of sp³-hybridized carbons (Fsp3) is 0.944. The summed E-state index contributed by atoms with van der Waals surface area (Å²) in [5.74, 6) is 2.08. The van der Waals surface area contributed by atoms with Gasteiger partial charge in [-0.1, -0.05) is 26.2 Å². The first-order valence-electron chi connectivity index (χ1n) is 9.32. The highest BCUT2D eigenvalue weighted by molar-refractivity contribution is 5.82. The number of carbonyl (C=O) groups is 1. The van der Waals surface area contributed by atoms with Gasteiger partial charge in [0, 0.05) is 19.1 Å². The Labute approximate surface area is 129 Å². The fourth-order valence-corrected chi connectivity index (χ4v) is 4.70. The van der Waals surface area contributed by atoms with Crippen molar-refractivity contribution in [3.8, 4) is 0 Å². The molecule has 0 spiro atoms. The molecule has 0 radical (unpaired) electrons. The lowest BCUT2D eigenvalue weighted by atomic mass is 9.77. The van der Waals surface area contributed by atoms with E-state index in [0.29, 0.717) is 11.9 Å². The summed E-state index contributed by atoms with van der Waals surface area (Å²) in [5.41, 5.74) is 0. The van der Waals surface area contributed by atoms with Crippen molar-refractivity contribution in [2.75, 3.05) is 13.1 Å². The number of rotatable bonds is 2. The molecule has 120 valence electrons. The molecule has 2 aliphatic heterocycles. The zero-order valence-corrected chi connectivity index (χ0v) is 13.7. The Morgan fingerprint density at radius 1 is 1.00 bits per heavy atom. The average molecular weight is 292 g/mol. The molecular weight excluding hydrogens is 260 g/mol. The largest absolute Gasteiger partial charge is 0.341 e. The van der Waals surface area contributed by atoms with Crippen LogP contribution >= 0.6 is 0 Å². The van der Waals surface area contributed by atoms with Gasteiger partial charge in [0.1, 0.15) is 0 Å². The molecular formula is C18H32N2O. The van der Waals surface area contributed by atoms with Gasteiger partial charge in [-0.3, -0.25) is 4.79 Å². The Bertz CT molecular complexity index is 357. The first kappa shape index (κ1) is 15.3. The predicted octanol–water partition coefficient (Wildman–Crippen LogP) is 3.34. The van der Waals surface area contributed by atoms with E-state index in [9.17, 15) is 4.79 Å².